The summed E-state index contributed by atoms with van der Waals surface area (Å²) in [6.45, 7) is 3.98. The molecule has 3 heteroatoms. The van der Waals surface area contributed by atoms with Gasteiger partial charge in [0.1, 0.15) is 5.75 Å². The lowest BCUT2D eigenvalue weighted by Gasteiger charge is -2.15. The number of aryl methyl sites for hydroxylation is 2. The molecule has 1 N–H and O–H groups in total. The first-order valence-corrected chi connectivity index (χ1v) is 6.56. The van der Waals surface area contributed by atoms with Crippen molar-refractivity contribution in [3.05, 3.63) is 65.2 Å². The number of benzene rings is 2. The second-order valence-corrected chi connectivity index (χ2v) is 4.95. The number of carboxylic acid groups (broad SMARTS) is 1. The van der Waals surface area contributed by atoms with E-state index in [0.717, 1.165) is 16.7 Å². The summed E-state index contributed by atoms with van der Waals surface area (Å²) in [5, 5.41) is 9.28. The van der Waals surface area contributed by atoms with Gasteiger partial charge in [-0.05, 0) is 31.5 Å². The summed E-state index contributed by atoms with van der Waals surface area (Å²) in [5.74, 6) is -0.374. The Kier molecular flexibility index (Phi) is 4.41. The SMILES string of the molecule is Cc1ccc(C[C@@H](Oc2ccc(C)cc2)C(=O)O)cc1. The molecule has 0 saturated heterocycles. The van der Waals surface area contributed by atoms with Gasteiger partial charge in [-0.1, -0.05) is 47.5 Å². The van der Waals surface area contributed by atoms with E-state index in [1.54, 1.807) is 12.1 Å². The molecule has 0 aliphatic rings. The fourth-order valence-electron chi connectivity index (χ4n) is 1.90. The number of ether oxygens (including phenoxy) is 1. The normalized spacial score (nSPS) is 11.9. The third-order valence-corrected chi connectivity index (χ3v) is 3.12. The number of carboxylic acids is 1. The molecule has 0 radical (unpaired) electrons. The van der Waals surface area contributed by atoms with E-state index in [1.807, 2.05) is 50.2 Å². The highest BCUT2D eigenvalue weighted by atomic mass is 16.5. The van der Waals surface area contributed by atoms with Crippen LogP contribution < -0.4 is 4.74 Å². The smallest absolute Gasteiger partial charge is 0.345 e. The Balaban J connectivity index is 2.09. The molecule has 0 saturated carbocycles. The minimum atomic E-state index is -0.953. The summed E-state index contributed by atoms with van der Waals surface area (Å²) in [6, 6.07) is 15.2. The van der Waals surface area contributed by atoms with E-state index in [9.17, 15) is 9.90 Å². The van der Waals surface area contributed by atoms with Crippen molar-refractivity contribution < 1.29 is 14.6 Å². The largest absolute Gasteiger partial charge is 0.478 e. The zero-order valence-electron chi connectivity index (χ0n) is 11.7. The first-order valence-electron chi connectivity index (χ1n) is 6.56. The molecule has 0 amide bonds. The zero-order chi connectivity index (χ0) is 14.5. The number of carbonyl (C=O) groups is 1. The molecule has 0 fully saturated rings. The molecule has 0 aliphatic carbocycles. The van der Waals surface area contributed by atoms with Crippen molar-refractivity contribution in [2.24, 2.45) is 0 Å². The molecule has 0 unspecified atom stereocenters. The van der Waals surface area contributed by atoms with E-state index in [0.29, 0.717) is 12.2 Å². The van der Waals surface area contributed by atoms with Crippen molar-refractivity contribution in [3.63, 3.8) is 0 Å². The van der Waals surface area contributed by atoms with Crippen LogP contribution in [0.3, 0.4) is 0 Å². The molecule has 2 aromatic rings. The standard InChI is InChI=1S/C17H18O3/c1-12-3-7-14(8-4-12)11-16(17(18)19)20-15-9-5-13(2)6-10-15/h3-10,16H,11H2,1-2H3,(H,18,19)/t16-/m1/s1. The van der Waals surface area contributed by atoms with Crippen LogP contribution in [-0.4, -0.2) is 17.2 Å². The minimum Gasteiger partial charge on any atom is -0.478 e. The molecule has 2 aromatic carbocycles. The number of aliphatic carboxylic acids is 1. The van der Waals surface area contributed by atoms with Crippen LogP contribution in [0.5, 0.6) is 5.75 Å². The van der Waals surface area contributed by atoms with Crippen molar-refractivity contribution in [1.82, 2.24) is 0 Å². The first kappa shape index (κ1) is 14.1. The third kappa shape index (κ3) is 3.85. The fourth-order valence-corrected chi connectivity index (χ4v) is 1.90. The van der Waals surface area contributed by atoms with Gasteiger partial charge in [-0.3, -0.25) is 0 Å². The van der Waals surface area contributed by atoms with Gasteiger partial charge in [0.05, 0.1) is 0 Å². The van der Waals surface area contributed by atoms with Crippen LogP contribution in [0.4, 0.5) is 0 Å². The highest BCUT2D eigenvalue weighted by Gasteiger charge is 2.19. The van der Waals surface area contributed by atoms with Gasteiger partial charge < -0.3 is 9.84 Å². The van der Waals surface area contributed by atoms with E-state index in [-0.39, 0.29) is 0 Å². The maximum atomic E-state index is 11.3. The second-order valence-electron chi connectivity index (χ2n) is 4.95. The average molecular weight is 270 g/mol. The van der Waals surface area contributed by atoms with Crippen LogP contribution in [0.2, 0.25) is 0 Å². The van der Waals surface area contributed by atoms with Crippen LogP contribution in [-0.2, 0) is 11.2 Å². The molecule has 0 bridgehead atoms. The molecule has 104 valence electrons. The molecule has 2 rings (SSSR count). The number of hydrogen-bond acceptors (Lipinski definition) is 2. The molecular formula is C17H18O3. The summed E-state index contributed by atoms with van der Waals surface area (Å²) in [7, 11) is 0. The second kappa shape index (κ2) is 6.24. The highest BCUT2D eigenvalue weighted by Crippen LogP contribution is 2.16. The van der Waals surface area contributed by atoms with E-state index >= 15 is 0 Å². The fraction of sp³-hybridized carbons (Fsp3) is 0.235. The Labute approximate surface area is 118 Å². The van der Waals surface area contributed by atoms with Gasteiger partial charge in [-0.25, -0.2) is 4.79 Å². The van der Waals surface area contributed by atoms with Gasteiger partial charge in [0.2, 0.25) is 0 Å². The summed E-state index contributed by atoms with van der Waals surface area (Å²) in [6.07, 6.45) is -0.524. The predicted molar refractivity (Wildman–Crippen MR) is 78.1 cm³/mol. The number of hydrogen-bond donors (Lipinski definition) is 1. The average Bonchev–Trinajstić information content (AvgIpc) is 2.42. The van der Waals surface area contributed by atoms with E-state index in [4.69, 9.17) is 4.74 Å². The molecule has 3 nitrogen and oxygen atoms in total. The lowest BCUT2D eigenvalue weighted by Crippen LogP contribution is -2.29. The topological polar surface area (TPSA) is 46.5 Å². The summed E-state index contributed by atoms with van der Waals surface area (Å²) >= 11 is 0. The lowest BCUT2D eigenvalue weighted by molar-refractivity contribution is -0.145. The maximum Gasteiger partial charge on any atom is 0.345 e. The van der Waals surface area contributed by atoms with Crippen molar-refractivity contribution >= 4 is 5.97 Å². The lowest BCUT2D eigenvalue weighted by atomic mass is 10.1. The molecule has 20 heavy (non-hydrogen) atoms. The highest BCUT2D eigenvalue weighted by molar-refractivity contribution is 5.73. The van der Waals surface area contributed by atoms with Crippen LogP contribution in [0.1, 0.15) is 16.7 Å². The third-order valence-electron chi connectivity index (χ3n) is 3.12. The summed E-state index contributed by atoms with van der Waals surface area (Å²) < 4.78 is 5.57. The molecule has 1 atom stereocenters. The van der Waals surface area contributed by atoms with Gasteiger partial charge in [-0.2, -0.15) is 0 Å². The summed E-state index contributed by atoms with van der Waals surface area (Å²) in [4.78, 5) is 11.3. The minimum absolute atomic E-state index is 0.351. The van der Waals surface area contributed by atoms with Crippen molar-refractivity contribution in [3.8, 4) is 5.75 Å². The summed E-state index contributed by atoms with van der Waals surface area (Å²) in [5.41, 5.74) is 3.22. The van der Waals surface area contributed by atoms with Crippen molar-refractivity contribution in [1.29, 1.82) is 0 Å². The van der Waals surface area contributed by atoms with Crippen LogP contribution in [0.25, 0.3) is 0 Å². The molecule has 0 heterocycles. The predicted octanol–water partition coefficient (Wildman–Crippen LogP) is 3.38. The molecule has 0 aliphatic heterocycles. The van der Waals surface area contributed by atoms with Gasteiger partial charge in [0.25, 0.3) is 0 Å². The van der Waals surface area contributed by atoms with E-state index < -0.39 is 12.1 Å². The van der Waals surface area contributed by atoms with Crippen LogP contribution in [0, 0.1) is 13.8 Å². The zero-order valence-corrected chi connectivity index (χ0v) is 11.7. The van der Waals surface area contributed by atoms with Gasteiger partial charge in [0, 0.05) is 6.42 Å². The monoisotopic (exact) mass is 270 g/mol. The quantitative estimate of drug-likeness (QED) is 0.906. The van der Waals surface area contributed by atoms with Crippen LogP contribution in [0.15, 0.2) is 48.5 Å². The maximum absolute atomic E-state index is 11.3. The molecule has 0 aromatic heterocycles. The Morgan fingerprint density at radius 2 is 1.50 bits per heavy atom. The molecular weight excluding hydrogens is 252 g/mol. The Hall–Kier alpha value is -2.29. The van der Waals surface area contributed by atoms with Crippen LogP contribution >= 0.6 is 0 Å². The van der Waals surface area contributed by atoms with E-state index in [2.05, 4.69) is 0 Å². The molecule has 0 spiro atoms. The number of rotatable bonds is 5. The first-order chi connectivity index (χ1) is 9.54. The van der Waals surface area contributed by atoms with Gasteiger partial charge in [-0.15, -0.1) is 0 Å². The van der Waals surface area contributed by atoms with Crippen molar-refractivity contribution in [2.45, 2.75) is 26.4 Å². The van der Waals surface area contributed by atoms with Gasteiger partial charge >= 0.3 is 5.97 Å². The Bertz CT molecular complexity index is 523. The Morgan fingerprint density at radius 3 is 2.00 bits per heavy atom. The van der Waals surface area contributed by atoms with Crippen molar-refractivity contribution in [2.75, 3.05) is 0 Å². The van der Waals surface area contributed by atoms with E-state index in [1.165, 1.54) is 0 Å². The van der Waals surface area contributed by atoms with Gasteiger partial charge in [0.15, 0.2) is 6.10 Å². The Morgan fingerprint density at radius 1 is 1.00 bits per heavy atom.